The van der Waals surface area contributed by atoms with Crippen LogP contribution in [0.25, 0.3) is 10.9 Å². The summed E-state index contributed by atoms with van der Waals surface area (Å²) in [4.78, 5) is 17.3. The molecular formula is C25H27ClN2O. The van der Waals surface area contributed by atoms with Crippen LogP contribution in [-0.4, -0.2) is 16.9 Å². The first-order chi connectivity index (χ1) is 14.1. The highest BCUT2D eigenvalue weighted by Gasteiger charge is 2.28. The number of halogens is 1. The second-order valence-electron chi connectivity index (χ2n) is 8.07. The van der Waals surface area contributed by atoms with Crippen molar-refractivity contribution in [3.05, 3.63) is 76.9 Å². The smallest absolute Gasteiger partial charge is 0.251 e. The molecule has 1 aromatic heterocycles. The zero-order valence-electron chi connectivity index (χ0n) is 16.8. The van der Waals surface area contributed by atoms with E-state index in [2.05, 4.69) is 41.5 Å². The molecule has 1 amide bonds. The van der Waals surface area contributed by atoms with Gasteiger partial charge in [0.15, 0.2) is 0 Å². The van der Waals surface area contributed by atoms with E-state index < -0.39 is 0 Å². The number of benzene rings is 2. The maximum Gasteiger partial charge on any atom is 0.251 e. The minimum atomic E-state index is -0.00521. The predicted molar refractivity (Wildman–Crippen MR) is 119 cm³/mol. The lowest BCUT2D eigenvalue weighted by Crippen LogP contribution is -2.41. The van der Waals surface area contributed by atoms with E-state index in [0.29, 0.717) is 22.4 Å². The first kappa shape index (κ1) is 19.9. The van der Waals surface area contributed by atoms with Crippen molar-refractivity contribution in [3.8, 4) is 0 Å². The van der Waals surface area contributed by atoms with Gasteiger partial charge in [-0.1, -0.05) is 36.7 Å². The average Bonchev–Trinajstić information content (AvgIpc) is 2.77. The zero-order valence-corrected chi connectivity index (χ0v) is 17.5. The number of carbonyl (C=O) groups excluding carboxylic acids is 1. The summed E-state index contributed by atoms with van der Waals surface area (Å²) in [5.74, 6) is 1.09. The third-order valence-corrected chi connectivity index (χ3v) is 6.54. The molecule has 4 heteroatoms. The first-order valence-corrected chi connectivity index (χ1v) is 10.9. The number of rotatable bonds is 5. The fourth-order valence-corrected chi connectivity index (χ4v) is 4.70. The lowest BCUT2D eigenvalue weighted by atomic mass is 9.75. The Morgan fingerprint density at radius 3 is 2.55 bits per heavy atom. The molecule has 0 aliphatic heterocycles. The predicted octanol–water partition coefficient (Wildman–Crippen LogP) is 6.37. The Morgan fingerprint density at radius 2 is 1.83 bits per heavy atom. The summed E-state index contributed by atoms with van der Waals surface area (Å²) in [7, 11) is 0. The van der Waals surface area contributed by atoms with Gasteiger partial charge in [-0.2, -0.15) is 0 Å². The van der Waals surface area contributed by atoms with Crippen molar-refractivity contribution in [1.82, 2.24) is 10.3 Å². The molecule has 1 N–H and O–H groups in total. The van der Waals surface area contributed by atoms with Crippen LogP contribution < -0.4 is 5.32 Å². The number of fused-ring (bicyclic) bond motifs is 1. The third-order valence-electron chi connectivity index (χ3n) is 6.29. The topological polar surface area (TPSA) is 42.0 Å². The Hall–Kier alpha value is -2.39. The van der Waals surface area contributed by atoms with Crippen molar-refractivity contribution in [1.29, 1.82) is 0 Å². The van der Waals surface area contributed by atoms with Gasteiger partial charge in [-0.3, -0.25) is 9.78 Å². The molecule has 3 nitrogen and oxygen atoms in total. The number of hydrogen-bond acceptors (Lipinski definition) is 2. The van der Waals surface area contributed by atoms with E-state index in [9.17, 15) is 4.79 Å². The number of aromatic nitrogens is 1. The summed E-state index contributed by atoms with van der Waals surface area (Å²) in [5, 5.41) is 5.12. The van der Waals surface area contributed by atoms with Crippen molar-refractivity contribution in [2.75, 3.05) is 0 Å². The monoisotopic (exact) mass is 406 g/mol. The lowest BCUT2D eigenvalue weighted by Gasteiger charge is -2.34. The summed E-state index contributed by atoms with van der Waals surface area (Å²) < 4.78 is 0. The summed E-state index contributed by atoms with van der Waals surface area (Å²) >= 11 is 5.93. The summed E-state index contributed by atoms with van der Waals surface area (Å²) in [6, 6.07) is 17.9. The highest BCUT2D eigenvalue weighted by Crippen LogP contribution is 2.38. The fraction of sp³-hybridized carbons (Fsp3) is 0.360. The van der Waals surface area contributed by atoms with E-state index in [1.807, 2.05) is 12.3 Å². The van der Waals surface area contributed by atoms with Gasteiger partial charge in [-0.25, -0.2) is 0 Å². The first-order valence-electron chi connectivity index (χ1n) is 10.5. The van der Waals surface area contributed by atoms with Gasteiger partial charge in [0.25, 0.3) is 5.91 Å². The molecule has 0 bridgehead atoms. The van der Waals surface area contributed by atoms with E-state index in [1.165, 1.54) is 10.9 Å². The fourth-order valence-electron chi connectivity index (χ4n) is 4.57. The quantitative estimate of drug-likeness (QED) is 0.534. The van der Waals surface area contributed by atoms with Crippen LogP contribution in [0.15, 0.2) is 60.8 Å². The van der Waals surface area contributed by atoms with Crippen LogP contribution in [0.3, 0.4) is 0 Å². The van der Waals surface area contributed by atoms with E-state index in [0.717, 1.165) is 37.6 Å². The molecule has 1 fully saturated rings. The Balaban J connectivity index is 1.38. The number of para-hydroxylation sites is 1. The van der Waals surface area contributed by atoms with E-state index in [1.54, 1.807) is 24.3 Å². The number of hydrogen-bond donors (Lipinski definition) is 1. The van der Waals surface area contributed by atoms with Gasteiger partial charge in [0.1, 0.15) is 0 Å². The van der Waals surface area contributed by atoms with Gasteiger partial charge in [0, 0.05) is 28.2 Å². The van der Waals surface area contributed by atoms with E-state index >= 15 is 0 Å². The number of carbonyl (C=O) groups is 1. The Labute approximate surface area is 177 Å². The van der Waals surface area contributed by atoms with Crippen molar-refractivity contribution < 1.29 is 4.79 Å². The van der Waals surface area contributed by atoms with Crippen LogP contribution in [0.4, 0.5) is 0 Å². The average molecular weight is 407 g/mol. The van der Waals surface area contributed by atoms with Gasteiger partial charge >= 0.3 is 0 Å². The van der Waals surface area contributed by atoms with Gasteiger partial charge in [0.2, 0.25) is 0 Å². The van der Waals surface area contributed by atoms with Crippen molar-refractivity contribution >= 4 is 28.4 Å². The van der Waals surface area contributed by atoms with Crippen molar-refractivity contribution in [3.63, 3.8) is 0 Å². The maximum absolute atomic E-state index is 12.6. The van der Waals surface area contributed by atoms with E-state index in [4.69, 9.17) is 11.6 Å². The molecule has 0 spiro atoms. The van der Waals surface area contributed by atoms with Crippen LogP contribution in [0.5, 0.6) is 0 Å². The van der Waals surface area contributed by atoms with Gasteiger partial charge < -0.3 is 5.32 Å². The molecule has 1 unspecified atom stereocenters. The molecule has 1 aliphatic carbocycles. The normalized spacial score (nSPS) is 20.3. The summed E-state index contributed by atoms with van der Waals surface area (Å²) in [6.45, 7) is 2.16. The number of nitrogens with zero attached hydrogens (tertiary/aromatic N) is 1. The van der Waals surface area contributed by atoms with Gasteiger partial charge in [-0.05, 0) is 85.9 Å². The van der Waals surface area contributed by atoms with Crippen LogP contribution in [0.1, 0.15) is 60.9 Å². The lowest BCUT2D eigenvalue weighted by molar-refractivity contribution is 0.0909. The number of amides is 1. The standard InChI is InChI=1S/C25H27ClN2O/c1-2-23(28-25(29)19-11-13-22(26)14-12-19)18-9-7-17(8-10-18)21-15-20-5-3-4-6-24(20)27-16-21/h3-6,11-18,23H,2,7-10H2,1H3,(H,28,29)/t17-,18-,23?. The second kappa shape index (κ2) is 8.96. The molecule has 1 saturated carbocycles. The van der Waals surface area contributed by atoms with Gasteiger partial charge in [-0.15, -0.1) is 0 Å². The van der Waals surface area contributed by atoms with Crippen LogP contribution in [0, 0.1) is 5.92 Å². The van der Waals surface area contributed by atoms with Crippen LogP contribution >= 0.6 is 11.6 Å². The highest BCUT2D eigenvalue weighted by atomic mass is 35.5. The summed E-state index contributed by atoms with van der Waals surface area (Å²) in [5.41, 5.74) is 3.07. The molecule has 1 aliphatic rings. The third kappa shape index (κ3) is 4.62. The summed E-state index contributed by atoms with van der Waals surface area (Å²) in [6.07, 6.45) is 7.57. The molecule has 4 rings (SSSR count). The minimum absolute atomic E-state index is 0.00521. The second-order valence-corrected chi connectivity index (χ2v) is 8.50. The molecule has 0 saturated heterocycles. The molecule has 0 radical (unpaired) electrons. The molecular weight excluding hydrogens is 380 g/mol. The maximum atomic E-state index is 12.6. The zero-order chi connectivity index (χ0) is 20.2. The number of pyridine rings is 1. The molecule has 1 atom stereocenters. The van der Waals surface area contributed by atoms with Crippen molar-refractivity contribution in [2.45, 2.75) is 51.0 Å². The Morgan fingerprint density at radius 1 is 1.10 bits per heavy atom. The molecule has 1 heterocycles. The van der Waals surface area contributed by atoms with Crippen LogP contribution in [-0.2, 0) is 0 Å². The Kier molecular flexibility index (Phi) is 6.15. The molecule has 29 heavy (non-hydrogen) atoms. The van der Waals surface area contributed by atoms with Gasteiger partial charge in [0.05, 0.1) is 5.52 Å². The molecule has 2 aromatic carbocycles. The number of nitrogens with one attached hydrogen (secondary N) is 1. The minimum Gasteiger partial charge on any atom is -0.349 e. The van der Waals surface area contributed by atoms with Crippen molar-refractivity contribution in [2.24, 2.45) is 5.92 Å². The SMILES string of the molecule is CCC(NC(=O)c1ccc(Cl)cc1)[C@H]1CC[C@H](c2cnc3ccccc3c2)CC1. The molecule has 3 aromatic rings. The highest BCUT2D eigenvalue weighted by molar-refractivity contribution is 6.30. The van der Waals surface area contributed by atoms with E-state index in [-0.39, 0.29) is 11.9 Å². The van der Waals surface area contributed by atoms with Crippen LogP contribution in [0.2, 0.25) is 5.02 Å². The Bertz CT molecular complexity index is 978. The largest absolute Gasteiger partial charge is 0.349 e. The molecule has 150 valence electrons.